The van der Waals surface area contributed by atoms with Crippen LogP contribution in [0.25, 0.3) is 0 Å². The van der Waals surface area contributed by atoms with Gasteiger partial charge in [0.05, 0.1) is 5.71 Å². The molecule has 0 fully saturated rings. The van der Waals surface area contributed by atoms with Crippen LogP contribution in [0.5, 0.6) is 0 Å². The summed E-state index contributed by atoms with van der Waals surface area (Å²) in [5.41, 5.74) is 4.57. The minimum absolute atomic E-state index is 0.0215. The Morgan fingerprint density at radius 2 is 2.06 bits per heavy atom. The summed E-state index contributed by atoms with van der Waals surface area (Å²) < 4.78 is 0. The zero-order chi connectivity index (χ0) is 13.1. The molecule has 0 spiro atoms. The second kappa shape index (κ2) is 5.53. The number of hydrogen-bond acceptors (Lipinski definition) is 2. The first-order valence-corrected chi connectivity index (χ1v) is 6.56. The highest BCUT2D eigenvalue weighted by Gasteiger charge is 2.26. The van der Waals surface area contributed by atoms with Crippen molar-refractivity contribution in [2.45, 2.75) is 26.7 Å². The second-order valence-corrected chi connectivity index (χ2v) is 5.51. The van der Waals surface area contributed by atoms with Gasteiger partial charge in [-0.05, 0) is 30.0 Å². The van der Waals surface area contributed by atoms with Crippen molar-refractivity contribution in [3.05, 3.63) is 34.9 Å². The van der Waals surface area contributed by atoms with Gasteiger partial charge in [0.1, 0.15) is 0 Å². The Balaban J connectivity index is 2.15. The van der Waals surface area contributed by atoms with Crippen LogP contribution in [0.2, 0.25) is 5.02 Å². The molecule has 1 N–H and O–H groups in total. The standard InChI is InChI=1S/C14H17ClN2O/c1-9(2)7-11-8-13(16-17-14(11)18)10-3-5-12(15)6-4-10/h3-6,9,11H,7-8H2,1-2H3,(H,17,18). The molecule has 3 nitrogen and oxygen atoms in total. The summed E-state index contributed by atoms with van der Waals surface area (Å²) in [4.78, 5) is 11.7. The van der Waals surface area contributed by atoms with Crippen molar-refractivity contribution in [2.75, 3.05) is 0 Å². The van der Waals surface area contributed by atoms with Crippen molar-refractivity contribution in [3.63, 3.8) is 0 Å². The van der Waals surface area contributed by atoms with Crippen LogP contribution in [0.1, 0.15) is 32.3 Å². The number of halogens is 1. The van der Waals surface area contributed by atoms with Gasteiger partial charge in [-0.1, -0.05) is 37.6 Å². The third kappa shape index (κ3) is 3.10. The minimum Gasteiger partial charge on any atom is -0.273 e. The molecule has 1 amide bonds. The maximum atomic E-state index is 11.7. The highest BCUT2D eigenvalue weighted by atomic mass is 35.5. The van der Waals surface area contributed by atoms with E-state index in [9.17, 15) is 4.79 Å². The van der Waals surface area contributed by atoms with Gasteiger partial charge in [0.15, 0.2) is 0 Å². The molecule has 96 valence electrons. The van der Waals surface area contributed by atoms with E-state index < -0.39 is 0 Å². The van der Waals surface area contributed by atoms with E-state index in [1.807, 2.05) is 24.3 Å². The molecular weight excluding hydrogens is 248 g/mol. The third-order valence-electron chi connectivity index (χ3n) is 3.04. The largest absolute Gasteiger partial charge is 0.273 e. The number of rotatable bonds is 3. The molecule has 1 unspecified atom stereocenters. The highest BCUT2D eigenvalue weighted by molar-refractivity contribution is 6.30. The SMILES string of the molecule is CC(C)CC1CC(c2ccc(Cl)cc2)=NNC1=O. The molecule has 1 aromatic rings. The molecule has 1 aliphatic heterocycles. The molecule has 0 saturated carbocycles. The summed E-state index contributed by atoms with van der Waals surface area (Å²) >= 11 is 5.86. The van der Waals surface area contributed by atoms with Crippen LogP contribution >= 0.6 is 11.6 Å². The normalized spacial score (nSPS) is 19.7. The van der Waals surface area contributed by atoms with Crippen LogP contribution in [0.15, 0.2) is 29.4 Å². The van der Waals surface area contributed by atoms with Gasteiger partial charge in [0, 0.05) is 17.4 Å². The number of hydrogen-bond donors (Lipinski definition) is 1. The summed E-state index contributed by atoms with van der Waals surface area (Å²) in [7, 11) is 0. The molecule has 0 radical (unpaired) electrons. The van der Waals surface area contributed by atoms with Gasteiger partial charge in [-0.2, -0.15) is 5.10 Å². The predicted octanol–water partition coefficient (Wildman–Crippen LogP) is 3.23. The molecule has 1 atom stereocenters. The highest BCUT2D eigenvalue weighted by Crippen LogP contribution is 2.22. The molecule has 1 aromatic carbocycles. The average molecular weight is 265 g/mol. The zero-order valence-electron chi connectivity index (χ0n) is 10.6. The average Bonchev–Trinajstić information content (AvgIpc) is 2.32. The van der Waals surface area contributed by atoms with Crippen molar-refractivity contribution < 1.29 is 4.79 Å². The zero-order valence-corrected chi connectivity index (χ0v) is 11.4. The lowest BCUT2D eigenvalue weighted by Gasteiger charge is -2.22. The fourth-order valence-electron chi connectivity index (χ4n) is 2.17. The smallest absolute Gasteiger partial charge is 0.243 e. The van der Waals surface area contributed by atoms with Gasteiger partial charge in [-0.15, -0.1) is 0 Å². The van der Waals surface area contributed by atoms with Gasteiger partial charge in [-0.3, -0.25) is 4.79 Å². The monoisotopic (exact) mass is 264 g/mol. The first-order chi connectivity index (χ1) is 8.56. The number of amides is 1. The molecule has 2 rings (SSSR count). The fraction of sp³-hybridized carbons (Fsp3) is 0.429. The van der Waals surface area contributed by atoms with E-state index in [0.717, 1.165) is 17.7 Å². The molecule has 1 heterocycles. The lowest BCUT2D eigenvalue weighted by Crippen LogP contribution is -2.35. The lowest BCUT2D eigenvalue weighted by molar-refractivity contribution is -0.125. The second-order valence-electron chi connectivity index (χ2n) is 5.07. The Hall–Kier alpha value is -1.35. The predicted molar refractivity (Wildman–Crippen MR) is 73.7 cm³/mol. The van der Waals surface area contributed by atoms with Crippen LogP contribution in [0, 0.1) is 11.8 Å². The first kappa shape index (κ1) is 13.1. The van der Waals surface area contributed by atoms with Gasteiger partial charge in [0.25, 0.3) is 0 Å². The number of carbonyl (C=O) groups is 1. The Morgan fingerprint density at radius 1 is 1.39 bits per heavy atom. The van der Waals surface area contributed by atoms with Gasteiger partial charge in [-0.25, -0.2) is 5.43 Å². The van der Waals surface area contributed by atoms with Crippen molar-refractivity contribution in [3.8, 4) is 0 Å². The van der Waals surface area contributed by atoms with Crippen LogP contribution in [0.4, 0.5) is 0 Å². The molecule has 1 aliphatic rings. The maximum absolute atomic E-state index is 11.7. The Labute approximate surface area is 112 Å². The quantitative estimate of drug-likeness (QED) is 0.895. The summed E-state index contributed by atoms with van der Waals surface area (Å²) in [5.74, 6) is 0.555. The first-order valence-electron chi connectivity index (χ1n) is 6.18. The van der Waals surface area contributed by atoms with Gasteiger partial charge >= 0.3 is 0 Å². The number of nitrogens with zero attached hydrogens (tertiary/aromatic N) is 1. The van der Waals surface area contributed by atoms with E-state index in [0.29, 0.717) is 17.4 Å². The van der Waals surface area contributed by atoms with E-state index in [2.05, 4.69) is 24.4 Å². The molecular formula is C14H17ClN2O. The van der Waals surface area contributed by atoms with Gasteiger partial charge < -0.3 is 0 Å². The van der Waals surface area contributed by atoms with Crippen LogP contribution in [0.3, 0.4) is 0 Å². The van der Waals surface area contributed by atoms with E-state index in [1.54, 1.807) is 0 Å². The van der Waals surface area contributed by atoms with Crippen molar-refractivity contribution in [2.24, 2.45) is 16.9 Å². The van der Waals surface area contributed by atoms with Crippen LogP contribution < -0.4 is 5.43 Å². The maximum Gasteiger partial charge on any atom is 0.243 e. The Kier molecular flexibility index (Phi) is 4.02. The fourth-order valence-corrected chi connectivity index (χ4v) is 2.30. The molecule has 0 saturated heterocycles. The molecule has 0 aliphatic carbocycles. The Bertz CT molecular complexity index is 465. The van der Waals surface area contributed by atoms with E-state index >= 15 is 0 Å². The summed E-state index contributed by atoms with van der Waals surface area (Å²) in [6.07, 6.45) is 1.59. The van der Waals surface area contributed by atoms with E-state index in [-0.39, 0.29) is 11.8 Å². The van der Waals surface area contributed by atoms with Crippen LogP contribution in [-0.4, -0.2) is 11.6 Å². The summed E-state index contributed by atoms with van der Waals surface area (Å²) in [5, 5.41) is 4.85. The summed E-state index contributed by atoms with van der Waals surface area (Å²) in [6.45, 7) is 4.25. The molecule has 4 heteroatoms. The minimum atomic E-state index is 0.0215. The number of hydrazone groups is 1. The summed E-state index contributed by atoms with van der Waals surface area (Å²) in [6, 6.07) is 7.55. The molecule has 0 bridgehead atoms. The lowest BCUT2D eigenvalue weighted by atomic mass is 9.89. The van der Waals surface area contributed by atoms with Crippen LogP contribution in [-0.2, 0) is 4.79 Å². The molecule has 0 aromatic heterocycles. The van der Waals surface area contributed by atoms with Gasteiger partial charge in [0.2, 0.25) is 5.91 Å². The number of benzene rings is 1. The van der Waals surface area contributed by atoms with Crippen molar-refractivity contribution >= 4 is 23.2 Å². The van der Waals surface area contributed by atoms with E-state index in [1.165, 1.54) is 0 Å². The van der Waals surface area contributed by atoms with Crippen molar-refractivity contribution in [1.82, 2.24) is 5.43 Å². The molecule has 18 heavy (non-hydrogen) atoms. The Morgan fingerprint density at radius 3 is 2.67 bits per heavy atom. The third-order valence-corrected chi connectivity index (χ3v) is 3.30. The number of carbonyl (C=O) groups excluding carboxylic acids is 1. The number of nitrogens with one attached hydrogen (secondary N) is 1. The van der Waals surface area contributed by atoms with E-state index in [4.69, 9.17) is 11.6 Å². The van der Waals surface area contributed by atoms with Crippen molar-refractivity contribution in [1.29, 1.82) is 0 Å². The topological polar surface area (TPSA) is 41.5 Å².